The Kier molecular flexibility index (Phi) is 6.95. The van der Waals surface area contributed by atoms with Gasteiger partial charge in [-0.25, -0.2) is 4.79 Å². The van der Waals surface area contributed by atoms with Crippen molar-refractivity contribution in [2.45, 2.75) is 83.7 Å². The minimum absolute atomic E-state index is 0.120. The molecule has 0 bridgehead atoms. The van der Waals surface area contributed by atoms with Gasteiger partial charge in [0.15, 0.2) is 0 Å². The number of nitrogens with zero attached hydrogens (tertiary/aromatic N) is 1. The largest absolute Gasteiger partial charge is 0.444 e. The molecule has 1 aliphatic carbocycles. The lowest BCUT2D eigenvalue weighted by atomic mass is 9.62. The number of hydrogen-bond donors (Lipinski definition) is 1. The lowest BCUT2D eigenvalue weighted by molar-refractivity contribution is -0.104. The molecule has 1 aliphatic heterocycles. The SMILES string of the molecule is CC(C)(C)OC(=O)N1CC(O[Si](c2ccccc2)(c2ccccc2)C(C)(C)C)CC2(CC(O)C2)C1. The van der Waals surface area contributed by atoms with E-state index in [1.165, 1.54) is 10.4 Å². The summed E-state index contributed by atoms with van der Waals surface area (Å²) >= 11 is 0. The molecule has 1 unspecified atom stereocenters. The minimum Gasteiger partial charge on any atom is -0.444 e. The van der Waals surface area contributed by atoms with Crippen molar-refractivity contribution in [3.05, 3.63) is 60.7 Å². The summed E-state index contributed by atoms with van der Waals surface area (Å²) in [6.07, 6.45) is 1.50. The maximum Gasteiger partial charge on any atom is 0.410 e. The van der Waals surface area contributed by atoms with Crippen molar-refractivity contribution in [1.29, 1.82) is 0 Å². The molecule has 6 heteroatoms. The van der Waals surface area contributed by atoms with Gasteiger partial charge in [0.05, 0.1) is 12.2 Å². The molecule has 1 spiro atoms. The van der Waals surface area contributed by atoms with E-state index in [4.69, 9.17) is 9.16 Å². The number of aliphatic hydroxyl groups excluding tert-OH is 1. The van der Waals surface area contributed by atoms with Crippen LogP contribution >= 0.6 is 0 Å². The van der Waals surface area contributed by atoms with Gasteiger partial charge in [-0.2, -0.15) is 0 Å². The Bertz CT molecular complexity index is 967. The van der Waals surface area contributed by atoms with Crippen LogP contribution in [-0.2, 0) is 9.16 Å². The summed E-state index contributed by atoms with van der Waals surface area (Å²) in [5.41, 5.74) is -0.681. The molecule has 1 heterocycles. The van der Waals surface area contributed by atoms with Crippen molar-refractivity contribution in [2.75, 3.05) is 13.1 Å². The zero-order valence-corrected chi connectivity index (χ0v) is 23.1. The highest BCUT2D eigenvalue weighted by Crippen LogP contribution is 2.49. The number of piperidine rings is 1. The molecule has 1 atom stereocenters. The van der Waals surface area contributed by atoms with Gasteiger partial charge in [0.1, 0.15) is 5.60 Å². The van der Waals surface area contributed by atoms with E-state index < -0.39 is 13.9 Å². The molecular weight excluding hydrogens is 454 g/mol. The number of carbonyl (C=O) groups is 1. The Morgan fingerprint density at radius 3 is 1.86 bits per heavy atom. The minimum atomic E-state index is -2.76. The number of likely N-dealkylation sites (tertiary alicyclic amines) is 1. The van der Waals surface area contributed by atoms with E-state index in [0.717, 1.165) is 6.42 Å². The van der Waals surface area contributed by atoms with Crippen molar-refractivity contribution in [3.63, 3.8) is 0 Å². The van der Waals surface area contributed by atoms with Crippen LogP contribution in [0.25, 0.3) is 0 Å². The average Bonchev–Trinajstić information content (AvgIpc) is 2.75. The third-order valence-electron chi connectivity index (χ3n) is 7.36. The van der Waals surface area contributed by atoms with Gasteiger partial charge in [-0.15, -0.1) is 0 Å². The molecule has 4 rings (SSSR count). The predicted octanol–water partition coefficient (Wildman–Crippen LogP) is 4.71. The molecule has 5 nitrogen and oxygen atoms in total. The lowest BCUT2D eigenvalue weighted by Gasteiger charge is -2.55. The first-order chi connectivity index (χ1) is 16.3. The first-order valence-corrected chi connectivity index (χ1v) is 14.7. The third kappa shape index (κ3) is 5.35. The number of carbonyl (C=O) groups excluding carboxylic acids is 1. The summed E-state index contributed by atoms with van der Waals surface area (Å²) in [7, 11) is -2.76. The molecule has 190 valence electrons. The van der Waals surface area contributed by atoms with Crippen LogP contribution in [0.2, 0.25) is 5.04 Å². The Balaban J connectivity index is 1.74. The van der Waals surface area contributed by atoms with Crippen LogP contribution in [0.15, 0.2) is 60.7 Å². The fraction of sp³-hybridized carbons (Fsp3) is 0.552. The smallest absolute Gasteiger partial charge is 0.410 e. The van der Waals surface area contributed by atoms with E-state index in [1.807, 2.05) is 37.8 Å². The van der Waals surface area contributed by atoms with E-state index in [2.05, 4.69) is 69.3 Å². The zero-order chi connectivity index (χ0) is 25.5. The number of rotatable bonds is 4. The van der Waals surface area contributed by atoms with Gasteiger partial charge in [-0.3, -0.25) is 0 Å². The third-order valence-corrected chi connectivity index (χ3v) is 12.5. The maximum atomic E-state index is 13.2. The standard InChI is InChI=1S/C29H41NO4Si/c1-27(2,3)33-26(32)30-20-23(19-29(21-30)17-22(31)18-29)34-35(28(4,5)6,24-13-9-7-10-14-24)25-15-11-8-12-16-25/h7-16,22-23,31H,17-21H2,1-6H3. The number of hydrogen-bond acceptors (Lipinski definition) is 4. The first kappa shape index (κ1) is 25.9. The highest BCUT2D eigenvalue weighted by atomic mass is 28.4. The van der Waals surface area contributed by atoms with Crippen LogP contribution in [-0.4, -0.2) is 55.3 Å². The van der Waals surface area contributed by atoms with Gasteiger partial charge in [0.25, 0.3) is 8.32 Å². The van der Waals surface area contributed by atoms with Crippen LogP contribution in [0.4, 0.5) is 4.79 Å². The second-order valence-corrected chi connectivity index (χ2v) is 16.8. The lowest BCUT2D eigenvalue weighted by Crippen LogP contribution is -2.70. The molecule has 1 N–H and O–H groups in total. The molecule has 2 aromatic rings. The summed E-state index contributed by atoms with van der Waals surface area (Å²) in [6.45, 7) is 13.6. The van der Waals surface area contributed by atoms with Gasteiger partial charge in [-0.05, 0) is 60.9 Å². The molecule has 35 heavy (non-hydrogen) atoms. The molecule has 2 aromatic carbocycles. The van der Waals surface area contributed by atoms with Gasteiger partial charge in [0.2, 0.25) is 0 Å². The van der Waals surface area contributed by atoms with Crippen molar-refractivity contribution < 1.29 is 19.1 Å². The number of amides is 1. The molecule has 0 aromatic heterocycles. The second-order valence-electron chi connectivity index (χ2n) is 12.5. The van der Waals surface area contributed by atoms with Crippen molar-refractivity contribution in [1.82, 2.24) is 4.90 Å². The highest BCUT2D eigenvalue weighted by molar-refractivity contribution is 6.99. The van der Waals surface area contributed by atoms with Crippen LogP contribution < -0.4 is 10.4 Å². The molecule has 2 fully saturated rings. The Morgan fingerprint density at radius 2 is 1.43 bits per heavy atom. The molecule has 1 saturated carbocycles. The predicted molar refractivity (Wildman–Crippen MR) is 143 cm³/mol. The van der Waals surface area contributed by atoms with Crippen LogP contribution in [0.1, 0.15) is 60.8 Å². The normalized spacial score (nSPS) is 25.3. The van der Waals surface area contributed by atoms with Gasteiger partial charge in [-0.1, -0.05) is 81.4 Å². The van der Waals surface area contributed by atoms with Crippen LogP contribution in [0.5, 0.6) is 0 Å². The van der Waals surface area contributed by atoms with Gasteiger partial charge in [0, 0.05) is 13.1 Å². The van der Waals surface area contributed by atoms with Crippen molar-refractivity contribution in [3.8, 4) is 0 Å². The topological polar surface area (TPSA) is 59.0 Å². The van der Waals surface area contributed by atoms with E-state index in [0.29, 0.717) is 25.9 Å². The maximum absolute atomic E-state index is 13.2. The summed E-state index contributed by atoms with van der Waals surface area (Å²) < 4.78 is 13.2. The first-order valence-electron chi connectivity index (χ1n) is 12.8. The van der Waals surface area contributed by atoms with Crippen molar-refractivity contribution in [2.24, 2.45) is 5.41 Å². The number of aliphatic hydroxyl groups is 1. The summed E-state index contributed by atoms with van der Waals surface area (Å²) in [5.74, 6) is 0. The molecule has 1 saturated heterocycles. The molecule has 2 aliphatic rings. The molecule has 1 amide bonds. The molecule has 0 radical (unpaired) electrons. The van der Waals surface area contributed by atoms with Crippen LogP contribution in [0, 0.1) is 5.41 Å². The van der Waals surface area contributed by atoms with E-state index in [1.54, 1.807) is 0 Å². The Hall–Kier alpha value is -2.15. The average molecular weight is 496 g/mol. The Labute approximate surface area is 211 Å². The summed E-state index contributed by atoms with van der Waals surface area (Å²) in [4.78, 5) is 15.0. The summed E-state index contributed by atoms with van der Waals surface area (Å²) in [5, 5.41) is 12.5. The fourth-order valence-corrected chi connectivity index (χ4v) is 10.7. The van der Waals surface area contributed by atoms with Crippen molar-refractivity contribution >= 4 is 24.8 Å². The van der Waals surface area contributed by atoms with E-state index >= 15 is 0 Å². The van der Waals surface area contributed by atoms with Crippen LogP contribution in [0.3, 0.4) is 0 Å². The number of ether oxygens (including phenoxy) is 1. The van der Waals surface area contributed by atoms with Gasteiger partial charge >= 0.3 is 6.09 Å². The Morgan fingerprint density at radius 1 is 0.914 bits per heavy atom. The number of benzene rings is 2. The van der Waals surface area contributed by atoms with E-state index in [-0.39, 0.29) is 28.8 Å². The highest BCUT2D eigenvalue weighted by Gasteiger charge is 2.55. The fourth-order valence-electron chi connectivity index (χ4n) is 6.05. The monoisotopic (exact) mass is 495 g/mol. The molecular formula is C29H41NO4Si. The van der Waals surface area contributed by atoms with E-state index in [9.17, 15) is 9.90 Å². The summed E-state index contributed by atoms with van der Waals surface area (Å²) in [6, 6.07) is 21.2. The van der Waals surface area contributed by atoms with Gasteiger partial charge < -0.3 is 19.2 Å². The zero-order valence-electron chi connectivity index (χ0n) is 22.1. The second kappa shape index (κ2) is 9.38. The quantitative estimate of drug-likeness (QED) is 0.624.